The summed E-state index contributed by atoms with van der Waals surface area (Å²) in [6.45, 7) is 2.35. The molecule has 0 aliphatic carbocycles. The third-order valence-electron chi connectivity index (χ3n) is 2.97. The summed E-state index contributed by atoms with van der Waals surface area (Å²) in [5, 5.41) is 3.23. The minimum absolute atomic E-state index is 0. The van der Waals surface area contributed by atoms with Crippen LogP contribution in [-0.4, -0.2) is 24.7 Å². The van der Waals surface area contributed by atoms with E-state index < -0.39 is 11.9 Å². The average molecular weight is 333 g/mol. The lowest BCUT2D eigenvalue weighted by atomic mass is 9.99. The summed E-state index contributed by atoms with van der Waals surface area (Å²) in [5.41, 5.74) is -0.912. The van der Waals surface area contributed by atoms with Gasteiger partial charge in [0.15, 0.2) is 0 Å². The van der Waals surface area contributed by atoms with E-state index in [0.29, 0.717) is 12.5 Å². The predicted molar refractivity (Wildman–Crippen MR) is 74.8 cm³/mol. The molecule has 2 rings (SSSR count). The molecule has 1 aliphatic heterocycles. The quantitative estimate of drug-likeness (QED) is 0.921. The molecule has 1 aromatic rings. The lowest BCUT2D eigenvalue weighted by Crippen LogP contribution is -2.30. The molecule has 2 heterocycles. The summed E-state index contributed by atoms with van der Waals surface area (Å²) in [6.07, 6.45) is -1.30. The molecule has 0 unspecified atom stereocenters. The van der Waals surface area contributed by atoms with Gasteiger partial charge in [-0.15, -0.1) is 24.8 Å². The Labute approximate surface area is 128 Å². The van der Waals surface area contributed by atoms with E-state index in [-0.39, 0.29) is 30.6 Å². The molecule has 0 spiro atoms. The summed E-state index contributed by atoms with van der Waals surface area (Å²) in [4.78, 5) is 3.29. The molecule has 0 bridgehead atoms. The normalized spacial score (nSPS) is 15.9. The number of pyridine rings is 1. The van der Waals surface area contributed by atoms with Gasteiger partial charge in [-0.25, -0.2) is 0 Å². The Morgan fingerprint density at radius 2 is 1.90 bits per heavy atom. The largest absolute Gasteiger partial charge is 0.493 e. The van der Waals surface area contributed by atoms with E-state index in [9.17, 15) is 13.2 Å². The maximum atomic E-state index is 12.4. The highest BCUT2D eigenvalue weighted by Gasteiger charge is 2.32. The van der Waals surface area contributed by atoms with Gasteiger partial charge in [0.1, 0.15) is 11.4 Å². The molecule has 1 aliphatic rings. The van der Waals surface area contributed by atoms with Crippen LogP contribution in [0.2, 0.25) is 0 Å². The highest BCUT2D eigenvalue weighted by Crippen LogP contribution is 2.29. The first-order valence-electron chi connectivity index (χ1n) is 5.92. The van der Waals surface area contributed by atoms with E-state index in [2.05, 4.69) is 10.3 Å². The van der Waals surface area contributed by atoms with Crippen molar-refractivity contribution < 1.29 is 17.9 Å². The Kier molecular flexibility index (Phi) is 8.23. The van der Waals surface area contributed by atoms with Crippen molar-refractivity contribution in [3.63, 3.8) is 0 Å². The molecule has 20 heavy (non-hydrogen) atoms. The van der Waals surface area contributed by atoms with E-state index in [0.717, 1.165) is 38.2 Å². The van der Waals surface area contributed by atoms with Crippen LogP contribution in [0.4, 0.5) is 13.2 Å². The first kappa shape index (κ1) is 19.3. The number of halogens is 5. The van der Waals surface area contributed by atoms with Crippen LogP contribution in [0.25, 0.3) is 0 Å². The number of rotatable bonds is 3. The Bertz CT molecular complexity index is 399. The predicted octanol–water partition coefficient (Wildman–Crippen LogP) is 3.32. The molecular weight excluding hydrogens is 316 g/mol. The van der Waals surface area contributed by atoms with Crippen molar-refractivity contribution in [1.29, 1.82) is 0 Å². The lowest BCUT2D eigenvalue weighted by Gasteiger charge is -2.22. The second-order valence-corrected chi connectivity index (χ2v) is 4.38. The molecule has 1 fully saturated rings. The van der Waals surface area contributed by atoms with Crippen molar-refractivity contribution in [2.45, 2.75) is 19.0 Å². The zero-order valence-corrected chi connectivity index (χ0v) is 12.3. The van der Waals surface area contributed by atoms with Crippen molar-refractivity contribution in [1.82, 2.24) is 10.3 Å². The second kappa shape index (κ2) is 8.54. The molecule has 0 amide bonds. The molecule has 0 aromatic carbocycles. The Morgan fingerprint density at radius 1 is 1.25 bits per heavy atom. The van der Waals surface area contributed by atoms with Crippen LogP contribution >= 0.6 is 24.8 Å². The van der Waals surface area contributed by atoms with E-state index in [1.165, 1.54) is 6.07 Å². The zero-order chi connectivity index (χ0) is 13.0. The number of piperidine rings is 1. The van der Waals surface area contributed by atoms with Gasteiger partial charge < -0.3 is 10.1 Å². The smallest absolute Gasteiger partial charge is 0.433 e. The van der Waals surface area contributed by atoms with E-state index in [1.807, 2.05) is 0 Å². The number of alkyl halides is 3. The molecule has 1 aromatic heterocycles. The second-order valence-electron chi connectivity index (χ2n) is 4.38. The minimum atomic E-state index is -4.42. The van der Waals surface area contributed by atoms with Crippen LogP contribution < -0.4 is 10.1 Å². The van der Waals surface area contributed by atoms with Crippen LogP contribution in [0.15, 0.2) is 18.3 Å². The fraction of sp³-hybridized carbons (Fsp3) is 0.583. The standard InChI is InChI=1S/C12H15F3N2O.2ClH/c13-12(14,15)11-7-10(3-6-17-11)18-8-9-1-4-16-5-2-9;;/h3,6-7,9,16H,1-2,4-5,8H2;2*1H. The number of ether oxygens (including phenoxy) is 1. The summed E-state index contributed by atoms with van der Waals surface area (Å²) in [6, 6.07) is 2.40. The molecule has 0 atom stereocenters. The van der Waals surface area contributed by atoms with Gasteiger partial charge in [-0.2, -0.15) is 13.2 Å². The van der Waals surface area contributed by atoms with Gasteiger partial charge in [0.05, 0.1) is 6.61 Å². The van der Waals surface area contributed by atoms with Crippen molar-refractivity contribution in [2.24, 2.45) is 5.92 Å². The van der Waals surface area contributed by atoms with Gasteiger partial charge >= 0.3 is 6.18 Å². The minimum Gasteiger partial charge on any atom is -0.493 e. The third kappa shape index (κ3) is 5.73. The molecule has 0 saturated carbocycles. The molecular formula is C12H17Cl2F3N2O. The van der Waals surface area contributed by atoms with Crippen molar-refractivity contribution in [2.75, 3.05) is 19.7 Å². The summed E-state index contributed by atoms with van der Waals surface area (Å²) in [5.74, 6) is 0.643. The highest BCUT2D eigenvalue weighted by molar-refractivity contribution is 5.85. The van der Waals surface area contributed by atoms with Crippen molar-refractivity contribution >= 4 is 24.8 Å². The van der Waals surface area contributed by atoms with Gasteiger partial charge in [0.2, 0.25) is 0 Å². The number of nitrogens with zero attached hydrogens (tertiary/aromatic N) is 1. The Morgan fingerprint density at radius 3 is 2.50 bits per heavy atom. The molecule has 0 radical (unpaired) electrons. The maximum absolute atomic E-state index is 12.4. The summed E-state index contributed by atoms with van der Waals surface area (Å²) >= 11 is 0. The molecule has 1 N–H and O–H groups in total. The van der Waals surface area contributed by atoms with Crippen LogP contribution in [0.1, 0.15) is 18.5 Å². The maximum Gasteiger partial charge on any atom is 0.433 e. The number of nitrogens with one attached hydrogen (secondary N) is 1. The lowest BCUT2D eigenvalue weighted by molar-refractivity contribution is -0.141. The van der Waals surface area contributed by atoms with Gasteiger partial charge in [-0.3, -0.25) is 4.98 Å². The topological polar surface area (TPSA) is 34.1 Å². The fourth-order valence-corrected chi connectivity index (χ4v) is 1.92. The van der Waals surface area contributed by atoms with E-state index >= 15 is 0 Å². The SMILES string of the molecule is Cl.Cl.FC(F)(F)c1cc(OCC2CCNCC2)ccn1. The molecule has 1 saturated heterocycles. The third-order valence-corrected chi connectivity index (χ3v) is 2.97. The monoisotopic (exact) mass is 332 g/mol. The van der Waals surface area contributed by atoms with Gasteiger partial charge in [-0.05, 0) is 37.9 Å². The number of hydrogen-bond acceptors (Lipinski definition) is 3. The van der Waals surface area contributed by atoms with E-state index in [4.69, 9.17) is 4.74 Å². The first-order valence-corrected chi connectivity index (χ1v) is 5.92. The number of aromatic nitrogens is 1. The fourth-order valence-electron chi connectivity index (χ4n) is 1.92. The molecule has 8 heteroatoms. The number of hydrogen-bond donors (Lipinski definition) is 1. The van der Waals surface area contributed by atoms with Crippen molar-refractivity contribution in [3.8, 4) is 5.75 Å². The highest BCUT2D eigenvalue weighted by atomic mass is 35.5. The van der Waals surface area contributed by atoms with Crippen LogP contribution in [0.5, 0.6) is 5.75 Å². The van der Waals surface area contributed by atoms with Crippen molar-refractivity contribution in [3.05, 3.63) is 24.0 Å². The van der Waals surface area contributed by atoms with Gasteiger partial charge in [0.25, 0.3) is 0 Å². The zero-order valence-electron chi connectivity index (χ0n) is 10.7. The van der Waals surface area contributed by atoms with Gasteiger partial charge in [0, 0.05) is 12.3 Å². The molecule has 3 nitrogen and oxygen atoms in total. The van der Waals surface area contributed by atoms with Crippen LogP contribution in [-0.2, 0) is 6.18 Å². The summed E-state index contributed by atoms with van der Waals surface area (Å²) in [7, 11) is 0. The summed E-state index contributed by atoms with van der Waals surface area (Å²) < 4.78 is 42.7. The molecule has 116 valence electrons. The Hall–Kier alpha value is -0.720. The first-order chi connectivity index (χ1) is 8.55. The van der Waals surface area contributed by atoms with E-state index in [1.54, 1.807) is 0 Å². The van der Waals surface area contributed by atoms with Crippen LogP contribution in [0, 0.1) is 5.92 Å². The van der Waals surface area contributed by atoms with Gasteiger partial charge in [-0.1, -0.05) is 0 Å². The average Bonchev–Trinajstić information content (AvgIpc) is 2.37. The van der Waals surface area contributed by atoms with Crippen LogP contribution in [0.3, 0.4) is 0 Å². The Balaban J connectivity index is 0.00000180.